The fourth-order valence-electron chi connectivity index (χ4n) is 3.50. The standard InChI is InChI=1S/C18H25NO4/c1-17(10-6-7-11-17)13-18(2,16(21)23-19)15(20)22-12-14-8-4-3-5-9-14/h3-5,8-9H,6-7,10-13,19H2,1-2H3. The van der Waals surface area contributed by atoms with Gasteiger partial charge in [-0.1, -0.05) is 50.1 Å². The number of hydrogen-bond acceptors (Lipinski definition) is 5. The number of carbonyl (C=O) groups is 2. The van der Waals surface area contributed by atoms with Crippen LogP contribution in [0.25, 0.3) is 0 Å². The summed E-state index contributed by atoms with van der Waals surface area (Å²) in [7, 11) is 0. The molecular formula is C18H25NO4. The molecule has 1 aliphatic rings. The highest BCUT2D eigenvalue weighted by Crippen LogP contribution is 2.46. The first-order valence-corrected chi connectivity index (χ1v) is 8.02. The zero-order valence-electron chi connectivity index (χ0n) is 13.8. The second-order valence-electron chi connectivity index (χ2n) is 6.99. The third-order valence-electron chi connectivity index (χ3n) is 4.81. The van der Waals surface area contributed by atoms with Gasteiger partial charge in [0, 0.05) is 0 Å². The van der Waals surface area contributed by atoms with Crippen molar-refractivity contribution < 1.29 is 19.2 Å². The molecule has 0 aliphatic heterocycles. The molecule has 1 atom stereocenters. The Hall–Kier alpha value is -1.88. The van der Waals surface area contributed by atoms with E-state index >= 15 is 0 Å². The summed E-state index contributed by atoms with van der Waals surface area (Å²) < 4.78 is 5.38. The van der Waals surface area contributed by atoms with Crippen LogP contribution in [0.2, 0.25) is 0 Å². The van der Waals surface area contributed by atoms with Crippen molar-refractivity contribution in [3.8, 4) is 0 Å². The molecule has 0 heterocycles. The highest BCUT2D eigenvalue weighted by atomic mass is 16.7. The topological polar surface area (TPSA) is 78.6 Å². The number of ether oxygens (including phenoxy) is 1. The van der Waals surface area contributed by atoms with Crippen molar-refractivity contribution in [1.82, 2.24) is 0 Å². The molecule has 5 heteroatoms. The third kappa shape index (κ3) is 4.10. The van der Waals surface area contributed by atoms with Gasteiger partial charge in [-0.2, -0.15) is 5.90 Å². The molecule has 0 bridgehead atoms. The maximum Gasteiger partial charge on any atom is 0.341 e. The molecule has 2 N–H and O–H groups in total. The van der Waals surface area contributed by atoms with Gasteiger partial charge < -0.3 is 9.57 Å². The highest BCUT2D eigenvalue weighted by Gasteiger charge is 2.49. The van der Waals surface area contributed by atoms with Crippen LogP contribution in [0.15, 0.2) is 30.3 Å². The fraction of sp³-hybridized carbons (Fsp3) is 0.556. The van der Waals surface area contributed by atoms with Crippen LogP contribution < -0.4 is 5.90 Å². The normalized spacial score (nSPS) is 18.9. The molecule has 23 heavy (non-hydrogen) atoms. The van der Waals surface area contributed by atoms with Crippen molar-refractivity contribution in [3.63, 3.8) is 0 Å². The molecule has 1 aromatic rings. The quantitative estimate of drug-likeness (QED) is 0.495. The first kappa shape index (κ1) is 17.5. The van der Waals surface area contributed by atoms with Crippen LogP contribution in [-0.2, 0) is 25.8 Å². The zero-order valence-corrected chi connectivity index (χ0v) is 13.8. The Kier molecular flexibility index (Phi) is 5.42. The minimum Gasteiger partial charge on any atom is -0.460 e. The molecule has 126 valence electrons. The largest absolute Gasteiger partial charge is 0.460 e. The van der Waals surface area contributed by atoms with Crippen LogP contribution in [0.5, 0.6) is 0 Å². The summed E-state index contributed by atoms with van der Waals surface area (Å²) in [6, 6.07) is 9.36. The average Bonchev–Trinajstić information content (AvgIpc) is 2.98. The van der Waals surface area contributed by atoms with Crippen LogP contribution >= 0.6 is 0 Å². The van der Waals surface area contributed by atoms with Gasteiger partial charge in [0.15, 0.2) is 5.41 Å². The summed E-state index contributed by atoms with van der Waals surface area (Å²) in [5.74, 6) is 3.75. The van der Waals surface area contributed by atoms with Gasteiger partial charge in [0.25, 0.3) is 0 Å². The van der Waals surface area contributed by atoms with E-state index in [1.807, 2.05) is 30.3 Å². The van der Waals surface area contributed by atoms with Gasteiger partial charge in [-0.05, 0) is 37.2 Å². The van der Waals surface area contributed by atoms with Crippen LogP contribution in [0.3, 0.4) is 0 Å². The van der Waals surface area contributed by atoms with Crippen molar-refractivity contribution in [1.29, 1.82) is 0 Å². The van der Waals surface area contributed by atoms with Gasteiger partial charge in [-0.25, -0.2) is 4.79 Å². The van der Waals surface area contributed by atoms with Crippen molar-refractivity contribution in [3.05, 3.63) is 35.9 Å². The van der Waals surface area contributed by atoms with Crippen molar-refractivity contribution in [2.24, 2.45) is 16.7 Å². The number of benzene rings is 1. The van der Waals surface area contributed by atoms with Crippen LogP contribution in [0.4, 0.5) is 0 Å². The molecular weight excluding hydrogens is 294 g/mol. The van der Waals surface area contributed by atoms with Gasteiger partial charge in [-0.15, -0.1) is 0 Å². The maximum atomic E-state index is 12.6. The lowest BCUT2D eigenvalue weighted by Crippen LogP contribution is -2.43. The molecule has 0 spiro atoms. The molecule has 1 unspecified atom stereocenters. The molecule has 1 aliphatic carbocycles. The van der Waals surface area contributed by atoms with Gasteiger partial charge >= 0.3 is 11.9 Å². The Morgan fingerprint density at radius 1 is 1.17 bits per heavy atom. The average molecular weight is 319 g/mol. The molecule has 0 saturated heterocycles. The molecule has 1 fully saturated rings. The number of carbonyl (C=O) groups excluding carboxylic acids is 2. The van der Waals surface area contributed by atoms with E-state index in [2.05, 4.69) is 11.8 Å². The van der Waals surface area contributed by atoms with Gasteiger partial charge in [0.05, 0.1) is 0 Å². The minimum absolute atomic E-state index is 0.0608. The van der Waals surface area contributed by atoms with Crippen molar-refractivity contribution in [2.45, 2.75) is 52.6 Å². The second kappa shape index (κ2) is 7.13. The summed E-state index contributed by atoms with van der Waals surface area (Å²) in [6.07, 6.45) is 4.61. The molecule has 0 radical (unpaired) electrons. The lowest BCUT2D eigenvalue weighted by Gasteiger charge is -2.33. The van der Waals surface area contributed by atoms with E-state index in [1.54, 1.807) is 6.92 Å². The van der Waals surface area contributed by atoms with Gasteiger partial charge in [0.2, 0.25) is 0 Å². The lowest BCUT2D eigenvalue weighted by molar-refractivity contribution is -0.175. The number of rotatable bonds is 6. The maximum absolute atomic E-state index is 12.6. The second-order valence-corrected chi connectivity index (χ2v) is 6.99. The summed E-state index contributed by atoms with van der Waals surface area (Å²) in [4.78, 5) is 29.2. The fourth-order valence-corrected chi connectivity index (χ4v) is 3.50. The van der Waals surface area contributed by atoms with Crippen LogP contribution in [-0.4, -0.2) is 11.9 Å². The summed E-state index contributed by atoms with van der Waals surface area (Å²) in [5, 5.41) is 0. The molecule has 1 aromatic carbocycles. The van der Waals surface area contributed by atoms with E-state index in [0.29, 0.717) is 6.42 Å². The number of nitrogens with two attached hydrogens (primary N) is 1. The molecule has 0 amide bonds. The number of hydrogen-bond donors (Lipinski definition) is 1. The first-order chi connectivity index (χ1) is 10.9. The Labute approximate surface area is 137 Å². The van der Waals surface area contributed by atoms with Crippen LogP contribution in [0.1, 0.15) is 51.5 Å². The predicted molar refractivity (Wildman–Crippen MR) is 85.8 cm³/mol. The Balaban J connectivity index is 2.10. The third-order valence-corrected chi connectivity index (χ3v) is 4.81. The van der Waals surface area contributed by atoms with Gasteiger partial charge in [-0.3, -0.25) is 4.79 Å². The van der Waals surface area contributed by atoms with Crippen molar-refractivity contribution in [2.75, 3.05) is 0 Å². The minimum atomic E-state index is -1.37. The molecule has 2 rings (SSSR count). The first-order valence-electron chi connectivity index (χ1n) is 8.02. The SMILES string of the molecule is CC1(CC(C)(C(=O)ON)C(=O)OCc2ccccc2)CCCC1. The predicted octanol–water partition coefficient (Wildman–Crippen LogP) is 3.12. The Morgan fingerprint density at radius 3 is 2.35 bits per heavy atom. The van der Waals surface area contributed by atoms with E-state index in [4.69, 9.17) is 10.6 Å². The smallest absolute Gasteiger partial charge is 0.341 e. The Bertz CT molecular complexity index is 551. The summed E-state index contributed by atoms with van der Waals surface area (Å²) >= 11 is 0. The zero-order chi connectivity index (χ0) is 16.9. The van der Waals surface area contributed by atoms with E-state index in [9.17, 15) is 9.59 Å². The molecule has 0 aromatic heterocycles. The van der Waals surface area contributed by atoms with E-state index in [0.717, 1.165) is 31.2 Å². The summed E-state index contributed by atoms with van der Waals surface area (Å²) in [6.45, 7) is 3.80. The number of esters is 1. The van der Waals surface area contributed by atoms with E-state index in [-0.39, 0.29) is 12.0 Å². The molecule has 5 nitrogen and oxygen atoms in total. The van der Waals surface area contributed by atoms with E-state index in [1.165, 1.54) is 0 Å². The van der Waals surface area contributed by atoms with Gasteiger partial charge in [0.1, 0.15) is 6.61 Å². The summed E-state index contributed by atoms with van der Waals surface area (Å²) in [5.41, 5.74) is -0.562. The lowest BCUT2D eigenvalue weighted by atomic mass is 9.72. The monoisotopic (exact) mass is 319 g/mol. The van der Waals surface area contributed by atoms with E-state index < -0.39 is 17.4 Å². The van der Waals surface area contributed by atoms with Crippen LogP contribution in [0, 0.1) is 10.8 Å². The highest BCUT2D eigenvalue weighted by molar-refractivity contribution is 5.99. The van der Waals surface area contributed by atoms with Crippen molar-refractivity contribution >= 4 is 11.9 Å². The molecule has 1 saturated carbocycles. The Morgan fingerprint density at radius 2 is 1.78 bits per heavy atom.